The smallest absolute Gasteiger partial charge is 0.0384 e. The number of fused-ring (bicyclic) bond motifs is 1. The fourth-order valence-corrected chi connectivity index (χ4v) is 5.94. The molecule has 0 unspecified atom stereocenters. The Kier molecular flexibility index (Phi) is 8.15. The molecule has 0 aliphatic heterocycles. The molecule has 0 atom stereocenters. The summed E-state index contributed by atoms with van der Waals surface area (Å²) in [4.78, 5) is 1.17. The van der Waals surface area contributed by atoms with Crippen molar-refractivity contribution in [2.45, 2.75) is 13.8 Å². The fraction of sp³-hybridized carbons (Fsp3) is 0.0625. The maximum absolute atomic E-state index is 3.99. The van der Waals surface area contributed by atoms with Crippen molar-refractivity contribution in [1.82, 2.24) is 0 Å². The van der Waals surface area contributed by atoms with Crippen molar-refractivity contribution >= 4 is 74.9 Å². The number of benzene rings is 2. The molecule has 2 aromatic carbocycles. The lowest BCUT2D eigenvalue weighted by Crippen LogP contribution is -2.17. The van der Waals surface area contributed by atoms with Crippen molar-refractivity contribution in [2.75, 3.05) is 5.32 Å². The minimum atomic E-state index is 0.953. The van der Waals surface area contributed by atoms with Crippen molar-refractivity contribution in [3.05, 3.63) is 122 Å². The van der Waals surface area contributed by atoms with Gasteiger partial charge in [0, 0.05) is 25.5 Å². The summed E-state index contributed by atoms with van der Waals surface area (Å²) < 4.78 is 2.61. The Balaban J connectivity index is 1.51. The number of hydrogen-bond acceptors (Lipinski definition) is 3. The maximum Gasteiger partial charge on any atom is 0.0384 e. The Morgan fingerprint density at radius 3 is 2.49 bits per heavy atom. The van der Waals surface area contributed by atoms with E-state index in [9.17, 15) is 0 Å². The number of thiophene rings is 2. The van der Waals surface area contributed by atoms with Gasteiger partial charge in [-0.2, -0.15) is 0 Å². The molecule has 174 valence electrons. The Hall–Kier alpha value is -3.66. The molecule has 0 spiro atoms. The van der Waals surface area contributed by atoms with E-state index in [1.807, 2.05) is 30.4 Å². The highest BCUT2D eigenvalue weighted by Crippen LogP contribution is 2.28. The van der Waals surface area contributed by atoms with Gasteiger partial charge in [0.1, 0.15) is 0 Å². The summed E-state index contributed by atoms with van der Waals surface area (Å²) >= 11 is 3.53. The van der Waals surface area contributed by atoms with Gasteiger partial charge in [-0.3, -0.25) is 0 Å². The third kappa shape index (κ3) is 5.71. The number of rotatable bonds is 8. The molecule has 0 saturated heterocycles. The van der Waals surface area contributed by atoms with Crippen LogP contribution in [0.3, 0.4) is 0 Å². The summed E-state index contributed by atoms with van der Waals surface area (Å²) in [5.74, 6) is 0. The van der Waals surface area contributed by atoms with Crippen LogP contribution in [0.5, 0.6) is 0 Å². The van der Waals surface area contributed by atoms with E-state index in [4.69, 9.17) is 0 Å². The quantitative estimate of drug-likeness (QED) is 0.243. The molecule has 0 aliphatic rings. The summed E-state index contributed by atoms with van der Waals surface area (Å²) in [7, 11) is 0. The first kappa shape index (κ1) is 24.5. The summed E-state index contributed by atoms with van der Waals surface area (Å²) in [5.41, 5.74) is 5.48. The van der Waals surface area contributed by atoms with E-state index < -0.39 is 0 Å². The van der Waals surface area contributed by atoms with Gasteiger partial charge in [0.15, 0.2) is 0 Å². The molecule has 0 fully saturated rings. The monoisotopic (exact) mass is 491 g/mol. The third-order valence-electron chi connectivity index (χ3n) is 5.63. The Bertz CT molecular complexity index is 1550. The van der Waals surface area contributed by atoms with Crippen LogP contribution in [0.2, 0.25) is 0 Å². The van der Waals surface area contributed by atoms with E-state index in [1.165, 1.54) is 30.3 Å². The van der Waals surface area contributed by atoms with Crippen molar-refractivity contribution < 1.29 is 0 Å². The van der Waals surface area contributed by atoms with Crippen LogP contribution in [-0.2, 0) is 0 Å². The van der Waals surface area contributed by atoms with Gasteiger partial charge in [-0.05, 0) is 82.9 Å². The number of anilines is 1. The van der Waals surface area contributed by atoms with Crippen molar-refractivity contribution in [1.29, 1.82) is 0 Å². The fourth-order valence-electron chi connectivity index (χ4n) is 3.92. The SMILES string of the molecule is C=C/C(=C\c1csc(C=C)c1/C=C\C)Nc1ccc(/C=C/C=c2/sc3ccccc3/c2=C/C)cc1. The Labute approximate surface area is 215 Å². The number of allylic oxidation sites excluding steroid dienone is 3. The normalized spacial score (nSPS) is 13.4. The lowest BCUT2D eigenvalue weighted by Gasteiger charge is -2.08. The second-order valence-corrected chi connectivity index (χ2v) is 9.91. The molecule has 3 heteroatoms. The highest BCUT2D eigenvalue weighted by atomic mass is 32.1. The predicted molar refractivity (Wildman–Crippen MR) is 162 cm³/mol. The largest absolute Gasteiger partial charge is 0.356 e. The number of nitrogens with one attached hydrogen (secondary N) is 1. The molecule has 4 aromatic rings. The molecular formula is C32H29NS2. The van der Waals surface area contributed by atoms with Crippen LogP contribution in [-0.4, -0.2) is 0 Å². The third-order valence-corrected chi connectivity index (χ3v) is 7.79. The van der Waals surface area contributed by atoms with E-state index in [-0.39, 0.29) is 0 Å². The van der Waals surface area contributed by atoms with Crippen LogP contribution >= 0.6 is 22.7 Å². The molecule has 35 heavy (non-hydrogen) atoms. The second-order valence-electron chi connectivity index (χ2n) is 7.91. The molecule has 0 amide bonds. The summed E-state index contributed by atoms with van der Waals surface area (Å²) in [6.45, 7) is 12.1. The molecule has 1 nitrogen and oxygen atoms in total. The molecule has 0 saturated carbocycles. The molecule has 2 heterocycles. The van der Waals surface area contributed by atoms with E-state index >= 15 is 0 Å². The molecular weight excluding hydrogens is 462 g/mol. The van der Waals surface area contributed by atoms with E-state index in [1.54, 1.807) is 11.3 Å². The molecule has 0 bridgehead atoms. The number of hydrogen-bond donors (Lipinski definition) is 1. The lowest BCUT2D eigenvalue weighted by atomic mass is 10.1. The molecule has 2 aromatic heterocycles. The standard InChI is InChI=1S/C32H29NS2/c1-5-12-28-24(22-34-30(28)8-4)21-25(6-2)33-26-19-17-23(18-20-26)13-11-16-31-27(7-3)29-14-9-10-15-32(29)35-31/h5-22,33H,2,4H2,1,3H3/b12-5-,13-11+,25-21+,27-7-,31-16+. The minimum absolute atomic E-state index is 0.953. The van der Waals surface area contributed by atoms with Crippen LogP contribution < -0.4 is 15.1 Å². The van der Waals surface area contributed by atoms with Crippen molar-refractivity contribution in [3.63, 3.8) is 0 Å². The van der Waals surface area contributed by atoms with Gasteiger partial charge in [-0.15, -0.1) is 22.7 Å². The maximum atomic E-state index is 3.99. The van der Waals surface area contributed by atoms with Crippen LogP contribution in [0, 0.1) is 0 Å². The average Bonchev–Trinajstić information content (AvgIpc) is 3.44. The summed E-state index contributed by atoms with van der Waals surface area (Å²) in [5, 5.41) is 8.26. The van der Waals surface area contributed by atoms with Crippen molar-refractivity contribution in [2.24, 2.45) is 0 Å². The minimum Gasteiger partial charge on any atom is -0.356 e. The molecule has 4 rings (SSSR count). The topological polar surface area (TPSA) is 12.0 Å². The predicted octanol–water partition coefficient (Wildman–Crippen LogP) is 8.57. The van der Waals surface area contributed by atoms with Crippen LogP contribution in [0.1, 0.15) is 35.4 Å². The zero-order valence-electron chi connectivity index (χ0n) is 20.1. The van der Waals surface area contributed by atoms with Gasteiger partial charge in [-0.25, -0.2) is 0 Å². The Morgan fingerprint density at radius 1 is 0.971 bits per heavy atom. The highest BCUT2D eigenvalue weighted by Gasteiger charge is 2.06. The van der Waals surface area contributed by atoms with Gasteiger partial charge in [0.25, 0.3) is 0 Å². The first-order chi connectivity index (χ1) is 17.2. The lowest BCUT2D eigenvalue weighted by molar-refractivity contribution is 1.49. The van der Waals surface area contributed by atoms with E-state index in [0.717, 1.165) is 22.5 Å². The van der Waals surface area contributed by atoms with E-state index in [0.29, 0.717) is 0 Å². The first-order valence-corrected chi connectivity index (χ1v) is 13.3. The first-order valence-electron chi connectivity index (χ1n) is 11.6. The molecule has 0 aliphatic carbocycles. The van der Waals surface area contributed by atoms with E-state index in [2.05, 4.69) is 122 Å². The second kappa shape index (κ2) is 11.7. The highest BCUT2D eigenvalue weighted by molar-refractivity contribution is 7.17. The summed E-state index contributed by atoms with van der Waals surface area (Å²) in [6.07, 6.45) is 18.7. The molecule has 0 radical (unpaired) electrons. The zero-order valence-corrected chi connectivity index (χ0v) is 21.8. The van der Waals surface area contributed by atoms with Crippen LogP contribution in [0.25, 0.3) is 46.5 Å². The average molecular weight is 492 g/mol. The van der Waals surface area contributed by atoms with Gasteiger partial charge in [-0.1, -0.05) is 79.9 Å². The van der Waals surface area contributed by atoms with Gasteiger partial charge in [0.2, 0.25) is 0 Å². The van der Waals surface area contributed by atoms with Crippen LogP contribution in [0.4, 0.5) is 5.69 Å². The van der Waals surface area contributed by atoms with Crippen molar-refractivity contribution in [3.8, 4) is 0 Å². The molecule has 1 N–H and O–H groups in total. The zero-order chi connectivity index (χ0) is 24.6. The summed E-state index contributed by atoms with van der Waals surface area (Å²) in [6, 6.07) is 17.0. The van der Waals surface area contributed by atoms with Gasteiger partial charge in [0.05, 0.1) is 0 Å². The van der Waals surface area contributed by atoms with Gasteiger partial charge >= 0.3 is 0 Å². The Morgan fingerprint density at radius 2 is 1.77 bits per heavy atom. The van der Waals surface area contributed by atoms with Gasteiger partial charge < -0.3 is 5.32 Å². The van der Waals surface area contributed by atoms with Crippen LogP contribution in [0.15, 0.2) is 91.0 Å².